The monoisotopic (exact) mass is 596 g/mol. The second-order valence-corrected chi connectivity index (χ2v) is 11.1. The van der Waals surface area contributed by atoms with Crippen LogP contribution in [0.1, 0.15) is 25.0 Å². The van der Waals surface area contributed by atoms with Gasteiger partial charge in [-0.2, -0.15) is 8.78 Å². The number of anilines is 3. The van der Waals surface area contributed by atoms with E-state index in [1.54, 1.807) is 18.2 Å². The van der Waals surface area contributed by atoms with Crippen LogP contribution in [0.25, 0.3) is 22.1 Å². The molecule has 1 aliphatic heterocycles. The zero-order chi connectivity index (χ0) is 30.4. The zero-order valence-electron chi connectivity index (χ0n) is 24.0. The second kappa shape index (κ2) is 11.2. The summed E-state index contributed by atoms with van der Waals surface area (Å²) in [6, 6.07) is 14.6. The van der Waals surface area contributed by atoms with Gasteiger partial charge in [-0.25, -0.2) is 19.9 Å². The topological polar surface area (TPSA) is 101 Å². The van der Waals surface area contributed by atoms with Crippen molar-refractivity contribution in [2.75, 3.05) is 29.9 Å². The van der Waals surface area contributed by atoms with Crippen LogP contribution in [-0.2, 0) is 4.79 Å². The summed E-state index contributed by atoms with van der Waals surface area (Å²) >= 11 is 0. The first-order valence-electron chi connectivity index (χ1n) is 14.5. The Kier molecular flexibility index (Phi) is 7.03. The predicted octanol–water partition coefficient (Wildman–Crippen LogP) is 6.23. The number of piperazine rings is 1. The van der Waals surface area contributed by atoms with Crippen LogP contribution in [0.5, 0.6) is 11.5 Å². The largest absolute Gasteiger partial charge is 0.457 e. The summed E-state index contributed by atoms with van der Waals surface area (Å²) in [5.74, 6) is 3.02. The molecule has 7 rings (SSSR count). The van der Waals surface area contributed by atoms with Gasteiger partial charge in [0.15, 0.2) is 5.82 Å². The van der Waals surface area contributed by atoms with Crippen molar-refractivity contribution in [2.24, 2.45) is 5.92 Å². The molecule has 1 saturated carbocycles. The van der Waals surface area contributed by atoms with Gasteiger partial charge in [-0.3, -0.25) is 9.36 Å². The van der Waals surface area contributed by atoms with Gasteiger partial charge in [0, 0.05) is 31.4 Å². The maximum absolute atomic E-state index is 13.2. The minimum Gasteiger partial charge on any atom is -0.457 e. The fraction of sp³-hybridized carbons (Fsp3) is 0.281. The number of hydrogen-bond donors (Lipinski definition) is 1. The number of aryl methyl sites for hydroxylation is 1. The summed E-state index contributed by atoms with van der Waals surface area (Å²) in [4.78, 5) is 34.6. The molecule has 0 bridgehead atoms. The molecule has 0 unspecified atom stereocenters. The molecule has 12 heteroatoms. The van der Waals surface area contributed by atoms with Crippen LogP contribution >= 0.6 is 0 Å². The third kappa shape index (κ3) is 5.27. The molecule has 3 aromatic heterocycles. The number of nitrogens with one attached hydrogen (secondary N) is 1. The van der Waals surface area contributed by atoms with Crippen molar-refractivity contribution in [3.05, 3.63) is 79.4 Å². The number of ether oxygens (including phenoxy) is 1. The first kappa shape index (κ1) is 27.7. The molecule has 0 radical (unpaired) electrons. The van der Waals surface area contributed by atoms with Gasteiger partial charge in [0.25, 0.3) is 0 Å². The van der Waals surface area contributed by atoms with Gasteiger partial charge in [0.2, 0.25) is 5.91 Å². The molecule has 2 fully saturated rings. The molecule has 224 valence electrons. The number of pyridine rings is 1. The van der Waals surface area contributed by atoms with Crippen molar-refractivity contribution in [3.63, 3.8) is 0 Å². The quantitative estimate of drug-likeness (QED) is 0.211. The zero-order valence-corrected chi connectivity index (χ0v) is 24.0. The maximum atomic E-state index is 13.2. The number of halogens is 2. The number of hydrogen-bond acceptors (Lipinski definition) is 8. The molecule has 1 atom stereocenters. The van der Waals surface area contributed by atoms with Crippen LogP contribution in [0.2, 0.25) is 0 Å². The molecule has 5 aromatic rings. The van der Waals surface area contributed by atoms with Gasteiger partial charge in [0.1, 0.15) is 35.5 Å². The molecule has 1 saturated heterocycles. The van der Waals surface area contributed by atoms with Crippen LogP contribution in [0.15, 0.2) is 73.8 Å². The Morgan fingerprint density at radius 1 is 1.07 bits per heavy atom. The van der Waals surface area contributed by atoms with E-state index in [0.29, 0.717) is 58.4 Å². The molecule has 2 aromatic carbocycles. The third-order valence-corrected chi connectivity index (χ3v) is 8.26. The highest BCUT2D eigenvalue weighted by atomic mass is 19.3. The van der Waals surface area contributed by atoms with Gasteiger partial charge in [0.05, 0.1) is 22.6 Å². The third-order valence-electron chi connectivity index (χ3n) is 8.26. The average molecular weight is 597 g/mol. The van der Waals surface area contributed by atoms with Crippen LogP contribution in [0.3, 0.4) is 0 Å². The number of aromatic nitrogens is 5. The van der Waals surface area contributed by atoms with Crippen molar-refractivity contribution < 1.29 is 18.3 Å². The van der Waals surface area contributed by atoms with Gasteiger partial charge in [-0.15, -0.1) is 0 Å². The molecular formula is C32H30F2N8O2. The number of nitrogens with zero attached hydrogens (tertiary/aromatic N) is 7. The van der Waals surface area contributed by atoms with E-state index in [-0.39, 0.29) is 11.9 Å². The second-order valence-electron chi connectivity index (χ2n) is 11.1. The summed E-state index contributed by atoms with van der Waals surface area (Å²) in [6.07, 6.45) is 6.30. The van der Waals surface area contributed by atoms with Crippen molar-refractivity contribution in [2.45, 2.75) is 32.4 Å². The molecule has 44 heavy (non-hydrogen) atoms. The number of benzene rings is 2. The van der Waals surface area contributed by atoms with Crippen LogP contribution < -0.4 is 15.0 Å². The van der Waals surface area contributed by atoms with E-state index >= 15 is 0 Å². The SMILES string of the molecule is C=CC(=O)N1CCN(c2ccc3ncnc(Nc4ccc(Oc5ccc6c(c5)ncn6C(F)F)c(C)c4)c3n2)C[C@@H]1C1CC1. The number of fused-ring (bicyclic) bond motifs is 2. The molecule has 1 N–H and O–H groups in total. The maximum Gasteiger partial charge on any atom is 0.320 e. The standard InChI is InChI=1S/C32H30F2N8O2/c1-3-29(43)41-13-12-40(16-26(41)20-4-5-20)28-11-8-23-30(39-28)31(36-17-35-23)38-21-6-10-27(19(2)14-21)44-22-7-9-25-24(15-22)37-18-42(25)32(33)34/h3,6-11,14-15,17-18,20,26,32H,1,4-5,12-13,16H2,2H3,(H,35,36,38)/t26-/m1/s1. The fourth-order valence-corrected chi connectivity index (χ4v) is 5.83. The number of carbonyl (C=O) groups excluding carboxylic acids is 1. The Balaban J connectivity index is 1.10. The van der Waals surface area contributed by atoms with E-state index in [2.05, 4.69) is 31.7 Å². The summed E-state index contributed by atoms with van der Waals surface area (Å²) in [6.45, 7) is 4.97. The Labute approximate surface area is 252 Å². The smallest absolute Gasteiger partial charge is 0.320 e. The molecule has 4 heterocycles. The van der Waals surface area contributed by atoms with Gasteiger partial charge in [-0.05, 0) is 79.8 Å². The van der Waals surface area contributed by atoms with Crippen LogP contribution in [-0.4, -0.2) is 61.0 Å². The number of alkyl halides is 2. The molecule has 2 aliphatic rings. The van der Waals surface area contributed by atoms with Gasteiger partial charge < -0.3 is 19.9 Å². The van der Waals surface area contributed by atoms with E-state index in [4.69, 9.17) is 9.72 Å². The number of rotatable bonds is 8. The fourth-order valence-electron chi connectivity index (χ4n) is 5.83. The first-order chi connectivity index (χ1) is 21.4. The predicted molar refractivity (Wildman–Crippen MR) is 163 cm³/mol. The lowest BCUT2D eigenvalue weighted by Crippen LogP contribution is -2.56. The molecular weight excluding hydrogens is 566 g/mol. The lowest BCUT2D eigenvalue weighted by atomic mass is 10.1. The lowest BCUT2D eigenvalue weighted by Gasteiger charge is -2.42. The summed E-state index contributed by atoms with van der Waals surface area (Å²) < 4.78 is 33.2. The first-order valence-corrected chi connectivity index (χ1v) is 14.5. The van der Waals surface area contributed by atoms with E-state index < -0.39 is 6.55 Å². The van der Waals surface area contributed by atoms with Crippen molar-refractivity contribution >= 4 is 45.3 Å². The van der Waals surface area contributed by atoms with Gasteiger partial charge >= 0.3 is 6.55 Å². The summed E-state index contributed by atoms with van der Waals surface area (Å²) in [5, 5.41) is 3.38. The van der Waals surface area contributed by atoms with E-state index in [9.17, 15) is 13.6 Å². The highest BCUT2D eigenvalue weighted by molar-refractivity contribution is 5.89. The molecule has 0 spiro atoms. The van der Waals surface area contributed by atoms with E-state index in [1.165, 1.54) is 12.4 Å². The number of amides is 1. The highest BCUT2D eigenvalue weighted by Crippen LogP contribution is 2.38. The highest BCUT2D eigenvalue weighted by Gasteiger charge is 2.40. The van der Waals surface area contributed by atoms with E-state index in [1.807, 2.05) is 42.2 Å². The number of imidazole rings is 1. The van der Waals surface area contributed by atoms with E-state index in [0.717, 1.165) is 47.3 Å². The van der Waals surface area contributed by atoms with Gasteiger partial charge in [-0.1, -0.05) is 6.58 Å². The Bertz CT molecular complexity index is 1890. The molecule has 10 nitrogen and oxygen atoms in total. The minimum atomic E-state index is -2.66. The van der Waals surface area contributed by atoms with Crippen molar-refractivity contribution in [3.8, 4) is 11.5 Å². The normalized spacial score (nSPS) is 17.0. The Morgan fingerprint density at radius 2 is 1.93 bits per heavy atom. The minimum absolute atomic E-state index is 0.0118. The van der Waals surface area contributed by atoms with Crippen molar-refractivity contribution in [1.29, 1.82) is 0 Å². The van der Waals surface area contributed by atoms with Crippen molar-refractivity contribution in [1.82, 2.24) is 29.4 Å². The Hall–Kier alpha value is -5.13. The molecule has 1 amide bonds. The summed E-state index contributed by atoms with van der Waals surface area (Å²) in [7, 11) is 0. The van der Waals surface area contributed by atoms with Crippen LogP contribution in [0, 0.1) is 12.8 Å². The van der Waals surface area contributed by atoms with Crippen LogP contribution in [0.4, 0.5) is 26.1 Å². The molecule has 1 aliphatic carbocycles. The number of carbonyl (C=O) groups is 1. The lowest BCUT2D eigenvalue weighted by molar-refractivity contribution is -0.129. The average Bonchev–Trinajstić information content (AvgIpc) is 3.80. The summed E-state index contributed by atoms with van der Waals surface area (Å²) in [5.41, 5.74) is 3.78. The Morgan fingerprint density at radius 3 is 2.70 bits per heavy atom.